The maximum absolute atomic E-state index is 12.3. The lowest BCUT2D eigenvalue weighted by atomic mass is 10.1. The first-order valence-electron chi connectivity index (χ1n) is 9.78. The topological polar surface area (TPSA) is 63.5 Å². The van der Waals surface area contributed by atoms with Crippen molar-refractivity contribution in [1.82, 2.24) is 9.88 Å². The van der Waals surface area contributed by atoms with Crippen molar-refractivity contribution in [2.24, 2.45) is 0 Å². The van der Waals surface area contributed by atoms with Crippen molar-refractivity contribution in [3.05, 3.63) is 87.2 Å². The lowest BCUT2D eigenvalue weighted by molar-refractivity contribution is 0.0684. The third-order valence-corrected chi connectivity index (χ3v) is 6.10. The lowest BCUT2D eigenvalue weighted by Crippen LogP contribution is -2.16. The van der Waals surface area contributed by atoms with Gasteiger partial charge in [-0.05, 0) is 36.1 Å². The SMILES string of the molecule is COc1ccc2c(CNCc3cccs3)c(C(=O)O)n(Cc3ccc(C)cc3)c2c1. The van der Waals surface area contributed by atoms with Gasteiger partial charge < -0.3 is 19.7 Å². The molecule has 0 radical (unpaired) electrons. The number of aromatic carboxylic acids is 1. The van der Waals surface area contributed by atoms with Gasteiger partial charge >= 0.3 is 5.97 Å². The minimum atomic E-state index is -0.926. The van der Waals surface area contributed by atoms with Gasteiger partial charge in [0, 0.05) is 41.5 Å². The Morgan fingerprint density at radius 3 is 2.60 bits per heavy atom. The summed E-state index contributed by atoms with van der Waals surface area (Å²) in [6.45, 7) is 3.71. The van der Waals surface area contributed by atoms with Gasteiger partial charge in [0.05, 0.1) is 12.6 Å². The molecule has 0 unspecified atom stereocenters. The molecule has 4 aromatic rings. The van der Waals surface area contributed by atoms with Gasteiger partial charge in [-0.25, -0.2) is 4.79 Å². The number of nitrogens with zero attached hydrogens (tertiary/aromatic N) is 1. The zero-order valence-corrected chi connectivity index (χ0v) is 17.8. The van der Waals surface area contributed by atoms with Gasteiger partial charge in [0.25, 0.3) is 0 Å². The summed E-state index contributed by atoms with van der Waals surface area (Å²) in [5, 5.41) is 16.5. The Balaban J connectivity index is 1.77. The third kappa shape index (κ3) is 4.10. The molecule has 2 N–H and O–H groups in total. The number of nitrogens with one attached hydrogen (secondary N) is 1. The quantitative estimate of drug-likeness (QED) is 0.418. The molecular weight excluding hydrogens is 396 g/mol. The molecule has 4 rings (SSSR count). The van der Waals surface area contributed by atoms with E-state index in [0.717, 1.165) is 22.0 Å². The predicted molar refractivity (Wildman–Crippen MR) is 121 cm³/mol. The monoisotopic (exact) mass is 420 g/mol. The number of aromatic nitrogens is 1. The Bertz CT molecular complexity index is 1160. The molecule has 0 spiro atoms. The van der Waals surface area contributed by atoms with Crippen LogP contribution in [-0.2, 0) is 19.6 Å². The summed E-state index contributed by atoms with van der Waals surface area (Å²) >= 11 is 1.68. The van der Waals surface area contributed by atoms with E-state index in [4.69, 9.17) is 4.74 Å². The molecule has 0 fully saturated rings. The first-order valence-corrected chi connectivity index (χ1v) is 10.7. The number of carbonyl (C=O) groups is 1. The Labute approximate surface area is 179 Å². The first kappa shape index (κ1) is 20.2. The van der Waals surface area contributed by atoms with Crippen molar-refractivity contribution < 1.29 is 14.6 Å². The number of benzene rings is 2. The molecule has 2 aromatic heterocycles. The van der Waals surface area contributed by atoms with Crippen molar-refractivity contribution in [2.75, 3.05) is 7.11 Å². The first-order chi connectivity index (χ1) is 14.6. The van der Waals surface area contributed by atoms with E-state index in [2.05, 4.69) is 11.4 Å². The molecule has 0 bridgehead atoms. The summed E-state index contributed by atoms with van der Waals surface area (Å²) in [6.07, 6.45) is 0. The predicted octanol–water partition coefficient (Wildman–Crippen LogP) is 5.06. The van der Waals surface area contributed by atoms with Crippen molar-refractivity contribution in [2.45, 2.75) is 26.6 Å². The van der Waals surface area contributed by atoms with Crippen LogP contribution in [0.15, 0.2) is 60.0 Å². The van der Waals surface area contributed by atoms with Crippen LogP contribution in [0.1, 0.15) is 32.1 Å². The van der Waals surface area contributed by atoms with Gasteiger partial charge in [-0.3, -0.25) is 0 Å². The summed E-state index contributed by atoms with van der Waals surface area (Å²) < 4.78 is 7.29. The second-order valence-electron chi connectivity index (χ2n) is 7.27. The molecule has 0 aliphatic heterocycles. The van der Waals surface area contributed by atoms with Gasteiger partial charge in [-0.2, -0.15) is 0 Å². The molecule has 0 saturated carbocycles. The summed E-state index contributed by atoms with van der Waals surface area (Å²) in [7, 11) is 1.62. The number of fused-ring (bicyclic) bond motifs is 1. The largest absolute Gasteiger partial charge is 0.497 e. The number of thiophene rings is 1. The van der Waals surface area contributed by atoms with Crippen LogP contribution >= 0.6 is 11.3 Å². The number of carboxylic acids is 1. The molecule has 0 aliphatic rings. The van der Waals surface area contributed by atoms with Crippen LogP contribution in [0.5, 0.6) is 5.75 Å². The highest BCUT2D eigenvalue weighted by atomic mass is 32.1. The van der Waals surface area contributed by atoms with E-state index in [1.165, 1.54) is 10.4 Å². The van der Waals surface area contributed by atoms with Crippen LogP contribution in [0.25, 0.3) is 10.9 Å². The number of carboxylic acid groups (broad SMARTS) is 1. The highest BCUT2D eigenvalue weighted by molar-refractivity contribution is 7.09. The summed E-state index contributed by atoms with van der Waals surface area (Å²) in [5.41, 5.74) is 4.21. The standard InChI is InChI=1S/C24H24N2O3S/c1-16-5-7-17(8-6-16)15-26-22-12-18(29-2)9-10-20(22)21(23(26)24(27)28)14-25-13-19-4-3-11-30-19/h3-12,25H,13-15H2,1-2H3,(H,27,28). The van der Waals surface area contributed by atoms with Crippen LogP contribution < -0.4 is 10.1 Å². The molecule has 0 atom stereocenters. The Hall–Kier alpha value is -3.09. The number of methoxy groups -OCH3 is 1. The van der Waals surface area contributed by atoms with E-state index in [9.17, 15) is 9.90 Å². The normalized spacial score (nSPS) is 11.1. The highest BCUT2D eigenvalue weighted by Gasteiger charge is 2.23. The lowest BCUT2D eigenvalue weighted by Gasteiger charge is -2.10. The molecule has 0 aliphatic carbocycles. The number of rotatable bonds is 8. The molecule has 6 heteroatoms. The fraction of sp³-hybridized carbons (Fsp3) is 0.208. The van der Waals surface area contributed by atoms with E-state index in [0.29, 0.717) is 31.1 Å². The molecule has 2 heterocycles. The number of aryl methyl sites for hydroxylation is 1. The molecule has 154 valence electrons. The molecule has 5 nitrogen and oxygen atoms in total. The molecule has 30 heavy (non-hydrogen) atoms. The summed E-state index contributed by atoms with van der Waals surface area (Å²) in [5.74, 6) is -0.217. The van der Waals surface area contributed by atoms with Crippen molar-refractivity contribution >= 4 is 28.2 Å². The Kier molecular flexibility index (Phi) is 5.88. The van der Waals surface area contributed by atoms with Crippen LogP contribution in [-0.4, -0.2) is 22.8 Å². The van der Waals surface area contributed by atoms with Crippen LogP contribution in [0, 0.1) is 6.92 Å². The van der Waals surface area contributed by atoms with E-state index in [1.807, 2.05) is 65.4 Å². The number of hydrogen-bond donors (Lipinski definition) is 2. The Morgan fingerprint density at radius 2 is 1.93 bits per heavy atom. The van der Waals surface area contributed by atoms with E-state index < -0.39 is 5.97 Å². The highest BCUT2D eigenvalue weighted by Crippen LogP contribution is 2.31. The van der Waals surface area contributed by atoms with Gasteiger partial charge in [0.15, 0.2) is 0 Å². The molecular formula is C24H24N2O3S. The van der Waals surface area contributed by atoms with Gasteiger partial charge in [-0.15, -0.1) is 11.3 Å². The second kappa shape index (κ2) is 8.73. The van der Waals surface area contributed by atoms with Gasteiger partial charge in [0.2, 0.25) is 0 Å². The van der Waals surface area contributed by atoms with E-state index in [-0.39, 0.29) is 0 Å². The average Bonchev–Trinajstić information content (AvgIpc) is 3.36. The fourth-order valence-electron chi connectivity index (χ4n) is 3.72. The van der Waals surface area contributed by atoms with Crippen molar-refractivity contribution in [3.63, 3.8) is 0 Å². The third-order valence-electron chi connectivity index (χ3n) is 5.22. The van der Waals surface area contributed by atoms with Crippen LogP contribution in [0.4, 0.5) is 0 Å². The van der Waals surface area contributed by atoms with Gasteiger partial charge in [-0.1, -0.05) is 35.9 Å². The van der Waals surface area contributed by atoms with Gasteiger partial charge in [0.1, 0.15) is 11.4 Å². The summed E-state index contributed by atoms with van der Waals surface area (Å²) in [6, 6.07) is 18.0. The zero-order valence-electron chi connectivity index (χ0n) is 17.0. The minimum Gasteiger partial charge on any atom is -0.497 e. The zero-order chi connectivity index (χ0) is 21.1. The number of ether oxygens (including phenoxy) is 1. The van der Waals surface area contributed by atoms with Crippen molar-refractivity contribution in [1.29, 1.82) is 0 Å². The van der Waals surface area contributed by atoms with Crippen LogP contribution in [0.2, 0.25) is 0 Å². The molecule has 0 saturated heterocycles. The summed E-state index contributed by atoms with van der Waals surface area (Å²) in [4.78, 5) is 13.5. The Morgan fingerprint density at radius 1 is 1.13 bits per heavy atom. The second-order valence-corrected chi connectivity index (χ2v) is 8.30. The average molecular weight is 421 g/mol. The number of hydrogen-bond acceptors (Lipinski definition) is 4. The van der Waals surface area contributed by atoms with E-state index in [1.54, 1.807) is 18.4 Å². The van der Waals surface area contributed by atoms with Crippen LogP contribution in [0.3, 0.4) is 0 Å². The maximum atomic E-state index is 12.3. The van der Waals surface area contributed by atoms with E-state index >= 15 is 0 Å². The van der Waals surface area contributed by atoms with Crippen molar-refractivity contribution in [3.8, 4) is 5.75 Å². The smallest absolute Gasteiger partial charge is 0.352 e. The fourth-order valence-corrected chi connectivity index (χ4v) is 4.39. The molecule has 2 aromatic carbocycles. The minimum absolute atomic E-state index is 0.317. The maximum Gasteiger partial charge on any atom is 0.352 e. The molecule has 0 amide bonds.